The van der Waals surface area contributed by atoms with Gasteiger partial charge in [0.15, 0.2) is 0 Å². The molecule has 4 rings (SSSR count). The number of carbonyl (C=O) groups is 3. The van der Waals surface area contributed by atoms with Crippen LogP contribution in [-0.2, 0) is 20.9 Å². The lowest BCUT2D eigenvalue weighted by Crippen LogP contribution is -2.53. The molecule has 0 saturated carbocycles. The number of hydrogen-bond donors (Lipinski definition) is 3. The number of imide groups is 1. The topological polar surface area (TPSA) is 107 Å². The number of fused-ring (bicyclic) bond motifs is 1. The van der Waals surface area contributed by atoms with Gasteiger partial charge in [0, 0.05) is 15.2 Å². The van der Waals surface area contributed by atoms with Crippen molar-refractivity contribution in [2.75, 3.05) is 0 Å². The van der Waals surface area contributed by atoms with Gasteiger partial charge in [-0.05, 0) is 53.3 Å². The smallest absolute Gasteiger partial charge is 0.324 e. The highest BCUT2D eigenvalue weighted by Gasteiger charge is 2.66. The molecule has 2 saturated heterocycles. The number of nitrogens with one attached hydrogen (secondary N) is 1. The summed E-state index contributed by atoms with van der Waals surface area (Å²) in [5.74, 6) is -4.14. The molecule has 4 unspecified atom stereocenters. The average molecular weight is 506 g/mol. The molecule has 2 aromatic rings. The minimum Gasteiger partial charge on any atom is -0.508 e. The van der Waals surface area contributed by atoms with E-state index in [4.69, 9.17) is 0 Å². The van der Waals surface area contributed by atoms with E-state index in [0.29, 0.717) is 5.56 Å². The molecular weight excluding hydrogens is 487 g/mol. The Balaban J connectivity index is 1.78. The van der Waals surface area contributed by atoms with Gasteiger partial charge in [-0.15, -0.1) is 0 Å². The van der Waals surface area contributed by atoms with Crippen molar-refractivity contribution in [3.05, 3.63) is 63.2 Å². The Morgan fingerprint density at radius 2 is 1.86 bits per heavy atom. The van der Waals surface area contributed by atoms with Crippen molar-refractivity contribution in [2.45, 2.75) is 25.0 Å². The van der Waals surface area contributed by atoms with E-state index in [9.17, 15) is 24.6 Å². The van der Waals surface area contributed by atoms with E-state index in [-0.39, 0.29) is 12.3 Å². The number of hydrogen-bond acceptors (Lipinski definition) is 5. The molecule has 150 valence electrons. The van der Waals surface area contributed by atoms with Crippen LogP contribution in [0.15, 0.2) is 48.5 Å². The third-order valence-electron chi connectivity index (χ3n) is 5.83. The Kier molecular flexibility index (Phi) is 4.86. The number of aliphatic carboxylic acids is 1. The summed E-state index contributed by atoms with van der Waals surface area (Å²) in [7, 11) is 0. The van der Waals surface area contributed by atoms with Crippen LogP contribution in [0.1, 0.15) is 24.1 Å². The van der Waals surface area contributed by atoms with Gasteiger partial charge in [-0.2, -0.15) is 0 Å². The van der Waals surface area contributed by atoms with E-state index in [2.05, 4.69) is 27.9 Å². The van der Waals surface area contributed by atoms with Crippen LogP contribution in [0.3, 0.4) is 0 Å². The zero-order chi connectivity index (χ0) is 20.9. The van der Waals surface area contributed by atoms with E-state index in [0.717, 1.165) is 14.0 Å². The molecule has 0 radical (unpaired) electrons. The number of amides is 2. The van der Waals surface area contributed by atoms with Crippen molar-refractivity contribution in [3.8, 4) is 5.75 Å². The predicted octanol–water partition coefficient (Wildman–Crippen LogP) is 2.29. The molecule has 2 fully saturated rings. The van der Waals surface area contributed by atoms with E-state index >= 15 is 0 Å². The van der Waals surface area contributed by atoms with Gasteiger partial charge in [0.05, 0.1) is 18.4 Å². The molecule has 7 nitrogen and oxygen atoms in total. The van der Waals surface area contributed by atoms with Crippen molar-refractivity contribution in [2.24, 2.45) is 11.8 Å². The molecule has 4 atom stereocenters. The van der Waals surface area contributed by atoms with Crippen LogP contribution >= 0.6 is 22.6 Å². The molecule has 2 aliphatic heterocycles. The summed E-state index contributed by atoms with van der Waals surface area (Å²) in [4.78, 5) is 39.7. The maximum absolute atomic E-state index is 13.3. The van der Waals surface area contributed by atoms with Gasteiger partial charge in [0.25, 0.3) is 0 Å². The average Bonchev–Trinajstić information content (AvgIpc) is 3.14. The molecule has 0 aromatic heterocycles. The van der Waals surface area contributed by atoms with E-state index in [1.165, 1.54) is 13.0 Å². The number of phenols is 1. The van der Waals surface area contributed by atoms with Crippen LogP contribution in [0.4, 0.5) is 0 Å². The molecule has 8 heteroatoms. The Morgan fingerprint density at radius 1 is 1.17 bits per heavy atom. The van der Waals surface area contributed by atoms with Crippen LogP contribution in [0.5, 0.6) is 5.75 Å². The molecule has 2 aliphatic rings. The molecule has 0 bridgehead atoms. The monoisotopic (exact) mass is 506 g/mol. The number of benzene rings is 2. The predicted molar refractivity (Wildman–Crippen MR) is 112 cm³/mol. The van der Waals surface area contributed by atoms with Gasteiger partial charge in [-0.1, -0.05) is 30.3 Å². The first-order valence-corrected chi connectivity index (χ1v) is 10.2. The summed E-state index contributed by atoms with van der Waals surface area (Å²) >= 11 is 2.08. The SMILES string of the molecule is CC1(C(=O)O)NC(c2cc(I)ccc2O)C2C(=O)N(Cc3ccccc3)C(=O)C21. The first kappa shape index (κ1) is 19.8. The third-order valence-corrected chi connectivity index (χ3v) is 6.50. The van der Waals surface area contributed by atoms with Crippen molar-refractivity contribution < 1.29 is 24.6 Å². The Morgan fingerprint density at radius 3 is 2.52 bits per heavy atom. The number of likely N-dealkylation sites (tertiary alicyclic amines) is 1. The van der Waals surface area contributed by atoms with Gasteiger partial charge in [-0.3, -0.25) is 24.6 Å². The Hall–Kier alpha value is -2.46. The van der Waals surface area contributed by atoms with Gasteiger partial charge in [0.1, 0.15) is 11.3 Å². The summed E-state index contributed by atoms with van der Waals surface area (Å²) < 4.78 is 0.829. The van der Waals surface area contributed by atoms with Gasteiger partial charge in [-0.25, -0.2) is 0 Å². The molecule has 2 heterocycles. The zero-order valence-electron chi connectivity index (χ0n) is 15.5. The minimum absolute atomic E-state index is 0.0435. The molecule has 2 amide bonds. The molecular formula is C21H19IN2O5. The summed E-state index contributed by atoms with van der Waals surface area (Å²) in [5, 5.41) is 23.2. The van der Waals surface area contributed by atoms with Crippen LogP contribution in [0.2, 0.25) is 0 Å². The van der Waals surface area contributed by atoms with Gasteiger partial charge < -0.3 is 10.2 Å². The van der Waals surface area contributed by atoms with Crippen molar-refractivity contribution in [1.29, 1.82) is 0 Å². The van der Waals surface area contributed by atoms with Crippen LogP contribution in [0.25, 0.3) is 0 Å². The highest BCUT2D eigenvalue weighted by molar-refractivity contribution is 14.1. The lowest BCUT2D eigenvalue weighted by Gasteiger charge is -2.27. The second-order valence-electron chi connectivity index (χ2n) is 7.58. The lowest BCUT2D eigenvalue weighted by molar-refractivity contribution is -0.150. The number of carbonyl (C=O) groups excluding carboxylic acids is 2. The number of halogens is 1. The number of carboxylic acid groups (broad SMARTS) is 1. The summed E-state index contributed by atoms with van der Waals surface area (Å²) in [6.45, 7) is 1.52. The number of phenolic OH excluding ortho intramolecular Hbond substituents is 1. The number of nitrogens with zero attached hydrogens (tertiary/aromatic N) is 1. The fourth-order valence-corrected chi connectivity index (χ4v) is 4.87. The summed E-state index contributed by atoms with van der Waals surface area (Å²) in [6, 6.07) is 13.2. The normalized spacial score (nSPS) is 28.6. The second kappa shape index (κ2) is 7.10. The minimum atomic E-state index is -1.62. The number of carboxylic acids is 1. The highest BCUT2D eigenvalue weighted by atomic mass is 127. The molecule has 0 spiro atoms. The van der Waals surface area contributed by atoms with Gasteiger partial charge >= 0.3 is 5.97 Å². The van der Waals surface area contributed by atoms with Crippen LogP contribution < -0.4 is 5.32 Å². The fraction of sp³-hybridized carbons (Fsp3) is 0.286. The van der Waals surface area contributed by atoms with Crippen molar-refractivity contribution in [3.63, 3.8) is 0 Å². The zero-order valence-corrected chi connectivity index (χ0v) is 17.7. The fourth-order valence-electron chi connectivity index (χ4n) is 4.36. The first-order valence-electron chi connectivity index (χ1n) is 9.12. The van der Waals surface area contributed by atoms with E-state index < -0.39 is 41.2 Å². The summed E-state index contributed by atoms with van der Waals surface area (Å²) in [6.07, 6.45) is 0. The summed E-state index contributed by atoms with van der Waals surface area (Å²) in [5.41, 5.74) is -0.422. The van der Waals surface area contributed by atoms with Crippen LogP contribution in [-0.4, -0.2) is 38.4 Å². The number of aromatic hydroxyl groups is 1. The maximum Gasteiger partial charge on any atom is 0.324 e. The van der Waals surface area contributed by atoms with Crippen LogP contribution in [0, 0.1) is 15.4 Å². The largest absolute Gasteiger partial charge is 0.508 e. The molecule has 29 heavy (non-hydrogen) atoms. The second-order valence-corrected chi connectivity index (χ2v) is 8.83. The standard InChI is InChI=1S/C21H19IN2O5/c1-21(20(28)29)16-15(17(23-21)13-9-12(22)7-8-14(13)25)18(26)24(19(16)27)10-11-5-3-2-4-6-11/h2-9,15-17,23,25H,10H2,1H3,(H,28,29). The molecule has 0 aliphatic carbocycles. The maximum atomic E-state index is 13.3. The van der Waals surface area contributed by atoms with Gasteiger partial charge in [0.2, 0.25) is 11.8 Å². The third kappa shape index (κ3) is 3.10. The molecule has 2 aromatic carbocycles. The molecule has 3 N–H and O–H groups in total. The van der Waals surface area contributed by atoms with Crippen molar-refractivity contribution >= 4 is 40.4 Å². The lowest BCUT2D eigenvalue weighted by atomic mass is 9.80. The van der Waals surface area contributed by atoms with E-state index in [1.807, 2.05) is 30.3 Å². The first-order chi connectivity index (χ1) is 13.7. The van der Waals surface area contributed by atoms with E-state index in [1.54, 1.807) is 12.1 Å². The van der Waals surface area contributed by atoms with Crippen molar-refractivity contribution in [1.82, 2.24) is 10.2 Å². The number of rotatable bonds is 4. The quantitative estimate of drug-likeness (QED) is 0.434. The Bertz CT molecular complexity index is 1010. The highest BCUT2D eigenvalue weighted by Crippen LogP contribution is 2.50. The Labute approximate surface area is 180 Å².